The van der Waals surface area contributed by atoms with Crippen molar-refractivity contribution in [1.82, 2.24) is 20.0 Å². The van der Waals surface area contributed by atoms with Gasteiger partial charge in [0, 0.05) is 20.6 Å². The van der Waals surface area contributed by atoms with E-state index in [0.717, 1.165) is 5.69 Å². The lowest BCUT2D eigenvalue weighted by Gasteiger charge is -2.16. The van der Waals surface area contributed by atoms with Crippen molar-refractivity contribution in [2.24, 2.45) is 7.05 Å². The van der Waals surface area contributed by atoms with E-state index in [1.807, 2.05) is 0 Å². The number of nitrogens with zero attached hydrogens (tertiary/aromatic N) is 3. The molecule has 0 bridgehead atoms. The monoisotopic (exact) mass is 268 g/mol. The van der Waals surface area contributed by atoms with Crippen molar-refractivity contribution in [2.75, 3.05) is 27.2 Å². The molecule has 106 valence electrons. The summed E-state index contributed by atoms with van der Waals surface area (Å²) in [5.41, 5.74) is 1.16. The van der Waals surface area contributed by atoms with Gasteiger partial charge in [-0.05, 0) is 14.0 Å². The van der Waals surface area contributed by atoms with Crippen LogP contribution in [-0.2, 0) is 23.1 Å². The standard InChI is InChI=1S/C12H20N4O3/c1-5-19-12(18)9-6-14-16(4)10(9)7-15(3)8-11(17)13-2/h6H,5,7-8H2,1-4H3,(H,13,17). The van der Waals surface area contributed by atoms with Gasteiger partial charge in [-0.3, -0.25) is 14.4 Å². The molecular formula is C12H20N4O3. The largest absolute Gasteiger partial charge is 0.462 e. The van der Waals surface area contributed by atoms with Crippen LogP contribution < -0.4 is 5.32 Å². The minimum atomic E-state index is -0.390. The quantitative estimate of drug-likeness (QED) is 0.722. The molecule has 0 aliphatic heterocycles. The van der Waals surface area contributed by atoms with Crippen LogP contribution in [0.25, 0.3) is 0 Å². The van der Waals surface area contributed by atoms with Gasteiger partial charge in [0.05, 0.1) is 25.0 Å². The van der Waals surface area contributed by atoms with E-state index in [0.29, 0.717) is 18.7 Å². The van der Waals surface area contributed by atoms with Crippen molar-refractivity contribution in [1.29, 1.82) is 0 Å². The molecule has 0 aliphatic rings. The Morgan fingerprint density at radius 1 is 1.53 bits per heavy atom. The molecular weight excluding hydrogens is 248 g/mol. The number of likely N-dealkylation sites (N-methyl/N-ethyl adjacent to an activating group) is 2. The number of rotatable bonds is 6. The van der Waals surface area contributed by atoms with Crippen LogP contribution in [0, 0.1) is 0 Å². The normalized spacial score (nSPS) is 10.6. The molecule has 0 fully saturated rings. The minimum Gasteiger partial charge on any atom is -0.462 e. The van der Waals surface area contributed by atoms with Gasteiger partial charge >= 0.3 is 5.97 Å². The Labute approximate surface area is 112 Å². The van der Waals surface area contributed by atoms with Crippen LogP contribution in [0.2, 0.25) is 0 Å². The maximum absolute atomic E-state index is 11.8. The molecule has 1 heterocycles. The van der Waals surface area contributed by atoms with Crippen LogP contribution in [-0.4, -0.2) is 53.8 Å². The Morgan fingerprint density at radius 2 is 2.21 bits per heavy atom. The number of amides is 1. The number of hydrogen-bond acceptors (Lipinski definition) is 5. The first-order chi connectivity index (χ1) is 8.99. The van der Waals surface area contributed by atoms with Gasteiger partial charge in [-0.25, -0.2) is 4.79 Å². The number of aryl methyl sites for hydroxylation is 1. The molecule has 0 aliphatic carbocycles. The summed E-state index contributed by atoms with van der Waals surface area (Å²) in [5.74, 6) is -0.471. The van der Waals surface area contributed by atoms with Gasteiger partial charge in [0.25, 0.3) is 0 Å². The number of ether oxygens (including phenoxy) is 1. The average Bonchev–Trinajstić information content (AvgIpc) is 2.71. The SMILES string of the molecule is CCOC(=O)c1cnn(C)c1CN(C)CC(=O)NC. The Balaban J connectivity index is 2.79. The number of esters is 1. The third-order valence-corrected chi connectivity index (χ3v) is 2.67. The number of carbonyl (C=O) groups is 2. The van der Waals surface area contributed by atoms with E-state index in [2.05, 4.69) is 10.4 Å². The molecule has 19 heavy (non-hydrogen) atoms. The summed E-state index contributed by atoms with van der Waals surface area (Å²) in [7, 11) is 5.15. The smallest absolute Gasteiger partial charge is 0.341 e. The summed E-state index contributed by atoms with van der Waals surface area (Å²) in [4.78, 5) is 24.9. The molecule has 0 atom stereocenters. The molecule has 1 aromatic rings. The van der Waals surface area contributed by atoms with Crippen molar-refractivity contribution in [2.45, 2.75) is 13.5 Å². The van der Waals surface area contributed by atoms with Crippen molar-refractivity contribution < 1.29 is 14.3 Å². The van der Waals surface area contributed by atoms with Gasteiger partial charge in [-0.15, -0.1) is 0 Å². The van der Waals surface area contributed by atoms with Crippen LogP contribution >= 0.6 is 0 Å². The van der Waals surface area contributed by atoms with Crippen molar-refractivity contribution in [3.8, 4) is 0 Å². The van der Waals surface area contributed by atoms with Gasteiger partial charge < -0.3 is 10.1 Å². The van der Waals surface area contributed by atoms with Crippen LogP contribution in [0.5, 0.6) is 0 Å². The van der Waals surface area contributed by atoms with Gasteiger partial charge in [-0.1, -0.05) is 0 Å². The zero-order chi connectivity index (χ0) is 14.4. The fraction of sp³-hybridized carbons (Fsp3) is 0.583. The zero-order valence-corrected chi connectivity index (χ0v) is 11.8. The highest BCUT2D eigenvalue weighted by Crippen LogP contribution is 2.11. The zero-order valence-electron chi connectivity index (χ0n) is 11.8. The Kier molecular flexibility index (Phi) is 5.50. The van der Waals surface area contributed by atoms with Gasteiger partial charge in [0.2, 0.25) is 5.91 Å². The number of carbonyl (C=O) groups excluding carboxylic acids is 2. The van der Waals surface area contributed by atoms with Gasteiger partial charge in [0.1, 0.15) is 5.56 Å². The molecule has 7 heteroatoms. The molecule has 0 unspecified atom stereocenters. The molecule has 0 aromatic carbocycles. The highest BCUT2D eigenvalue weighted by atomic mass is 16.5. The number of hydrogen-bond donors (Lipinski definition) is 1. The Bertz CT molecular complexity index is 456. The first-order valence-corrected chi connectivity index (χ1v) is 6.06. The lowest BCUT2D eigenvalue weighted by atomic mass is 10.2. The van der Waals surface area contributed by atoms with Crippen LogP contribution in [0.3, 0.4) is 0 Å². The molecule has 0 radical (unpaired) electrons. The fourth-order valence-electron chi connectivity index (χ4n) is 1.67. The van der Waals surface area contributed by atoms with E-state index in [4.69, 9.17) is 4.74 Å². The second-order valence-electron chi connectivity index (χ2n) is 4.19. The highest BCUT2D eigenvalue weighted by Gasteiger charge is 2.18. The summed E-state index contributed by atoms with van der Waals surface area (Å²) >= 11 is 0. The second-order valence-corrected chi connectivity index (χ2v) is 4.19. The van der Waals surface area contributed by atoms with E-state index in [1.54, 1.807) is 37.6 Å². The summed E-state index contributed by atoms with van der Waals surface area (Å²) in [5, 5.41) is 6.61. The van der Waals surface area contributed by atoms with Crippen molar-refractivity contribution in [3.05, 3.63) is 17.5 Å². The molecule has 7 nitrogen and oxygen atoms in total. The van der Waals surface area contributed by atoms with E-state index >= 15 is 0 Å². The fourth-order valence-corrected chi connectivity index (χ4v) is 1.67. The first-order valence-electron chi connectivity index (χ1n) is 6.06. The van der Waals surface area contributed by atoms with E-state index in [-0.39, 0.29) is 18.4 Å². The third-order valence-electron chi connectivity index (χ3n) is 2.67. The minimum absolute atomic E-state index is 0.0812. The Morgan fingerprint density at radius 3 is 2.79 bits per heavy atom. The maximum atomic E-state index is 11.8. The molecule has 0 spiro atoms. The maximum Gasteiger partial charge on any atom is 0.341 e. The van der Waals surface area contributed by atoms with Crippen molar-refractivity contribution >= 4 is 11.9 Å². The third kappa shape index (κ3) is 4.06. The number of aromatic nitrogens is 2. The molecule has 1 amide bonds. The van der Waals surface area contributed by atoms with E-state index in [1.165, 1.54) is 6.20 Å². The summed E-state index contributed by atoms with van der Waals surface area (Å²) in [6.07, 6.45) is 1.49. The highest BCUT2D eigenvalue weighted by molar-refractivity contribution is 5.90. The lowest BCUT2D eigenvalue weighted by Crippen LogP contribution is -2.33. The van der Waals surface area contributed by atoms with Crippen LogP contribution in [0.15, 0.2) is 6.20 Å². The average molecular weight is 268 g/mol. The van der Waals surface area contributed by atoms with Gasteiger partial charge in [-0.2, -0.15) is 5.10 Å². The molecule has 0 saturated carbocycles. The molecule has 1 aromatic heterocycles. The predicted octanol–water partition coefficient (Wildman–Crippen LogP) is -0.225. The number of nitrogens with one attached hydrogen (secondary N) is 1. The van der Waals surface area contributed by atoms with Crippen LogP contribution in [0.1, 0.15) is 23.0 Å². The Hall–Kier alpha value is -1.89. The molecule has 1 rings (SSSR count). The lowest BCUT2D eigenvalue weighted by molar-refractivity contribution is -0.121. The predicted molar refractivity (Wildman–Crippen MR) is 69.6 cm³/mol. The summed E-state index contributed by atoms with van der Waals surface area (Å²) < 4.78 is 6.59. The summed E-state index contributed by atoms with van der Waals surface area (Å²) in [6, 6.07) is 0. The topological polar surface area (TPSA) is 76.5 Å². The van der Waals surface area contributed by atoms with E-state index in [9.17, 15) is 9.59 Å². The second kappa shape index (κ2) is 6.89. The van der Waals surface area contributed by atoms with Crippen molar-refractivity contribution in [3.63, 3.8) is 0 Å². The first kappa shape index (κ1) is 15.2. The summed E-state index contributed by atoms with van der Waals surface area (Å²) in [6.45, 7) is 2.77. The van der Waals surface area contributed by atoms with Gasteiger partial charge in [0.15, 0.2) is 0 Å². The molecule has 1 N–H and O–H groups in total. The molecule has 0 saturated heterocycles. The van der Waals surface area contributed by atoms with Crippen LogP contribution in [0.4, 0.5) is 0 Å². The van der Waals surface area contributed by atoms with E-state index < -0.39 is 0 Å².